The SMILES string of the molecule is c1ccc(-c2ccc(-c3nc(-c4ccc(-c5ccccc5)cc4)nc(-c4ccc5oc6c(-c7ccccc7)cccc6c5c4)n3)cc2)cc1. The molecule has 4 heteroatoms. The number of benzene rings is 7. The number of rotatable bonds is 6. The van der Waals surface area contributed by atoms with Gasteiger partial charge in [-0.3, -0.25) is 0 Å². The molecule has 0 aliphatic heterocycles. The van der Waals surface area contributed by atoms with Crippen molar-refractivity contribution in [2.24, 2.45) is 0 Å². The van der Waals surface area contributed by atoms with Crippen molar-refractivity contribution in [3.63, 3.8) is 0 Å². The third-order valence-electron chi connectivity index (χ3n) is 8.98. The van der Waals surface area contributed by atoms with E-state index in [1.54, 1.807) is 0 Å². The predicted octanol–water partition coefficient (Wildman–Crippen LogP) is 11.8. The predicted molar refractivity (Wildman–Crippen MR) is 200 cm³/mol. The Morgan fingerprint density at radius 1 is 0.306 bits per heavy atom. The van der Waals surface area contributed by atoms with Crippen LogP contribution >= 0.6 is 0 Å². The summed E-state index contributed by atoms with van der Waals surface area (Å²) in [5, 5.41) is 2.08. The standard InChI is InChI=1S/C45H29N3O/c1-4-11-30(12-5-1)32-19-23-35(24-20-32)43-46-44(36-25-21-33(22-26-36)31-13-6-2-7-14-31)48-45(47-43)37-27-28-41-40(29-37)39-18-10-17-38(42(39)49-41)34-15-8-3-9-16-34/h1-29H. The topological polar surface area (TPSA) is 51.8 Å². The highest BCUT2D eigenvalue weighted by Gasteiger charge is 2.16. The molecule has 230 valence electrons. The second kappa shape index (κ2) is 12.2. The van der Waals surface area contributed by atoms with Gasteiger partial charge in [-0.05, 0) is 46.0 Å². The van der Waals surface area contributed by atoms with Crippen molar-refractivity contribution in [2.45, 2.75) is 0 Å². The highest BCUT2D eigenvalue weighted by atomic mass is 16.3. The molecule has 0 amide bonds. The zero-order valence-electron chi connectivity index (χ0n) is 26.5. The lowest BCUT2D eigenvalue weighted by Crippen LogP contribution is -2.00. The fourth-order valence-corrected chi connectivity index (χ4v) is 6.43. The van der Waals surface area contributed by atoms with Gasteiger partial charge in [-0.15, -0.1) is 0 Å². The average molecular weight is 628 g/mol. The Bertz CT molecular complexity index is 2460. The minimum absolute atomic E-state index is 0.606. The molecule has 0 aliphatic carbocycles. The molecule has 0 atom stereocenters. The molecule has 2 heterocycles. The van der Waals surface area contributed by atoms with E-state index < -0.39 is 0 Å². The molecule has 7 aromatic carbocycles. The molecule has 0 unspecified atom stereocenters. The van der Waals surface area contributed by atoms with Crippen LogP contribution in [0.2, 0.25) is 0 Å². The van der Waals surface area contributed by atoms with E-state index >= 15 is 0 Å². The van der Waals surface area contributed by atoms with Crippen LogP contribution in [0, 0.1) is 0 Å². The van der Waals surface area contributed by atoms with Gasteiger partial charge in [-0.25, -0.2) is 15.0 Å². The molecule has 4 nitrogen and oxygen atoms in total. The molecule has 0 spiro atoms. The lowest BCUT2D eigenvalue weighted by molar-refractivity contribution is 0.670. The molecule has 0 saturated heterocycles. The van der Waals surface area contributed by atoms with E-state index in [9.17, 15) is 0 Å². The van der Waals surface area contributed by atoms with Crippen LogP contribution in [0.5, 0.6) is 0 Å². The normalized spacial score (nSPS) is 11.3. The molecule has 0 aliphatic rings. The second-order valence-electron chi connectivity index (χ2n) is 12.1. The minimum Gasteiger partial charge on any atom is -0.455 e. The Morgan fingerprint density at radius 2 is 0.735 bits per heavy atom. The first-order valence-electron chi connectivity index (χ1n) is 16.4. The average Bonchev–Trinajstić information content (AvgIpc) is 3.57. The van der Waals surface area contributed by atoms with Crippen molar-refractivity contribution < 1.29 is 4.42 Å². The number of furan rings is 1. The van der Waals surface area contributed by atoms with Gasteiger partial charge in [0.2, 0.25) is 0 Å². The molecular weight excluding hydrogens is 599 g/mol. The smallest absolute Gasteiger partial charge is 0.164 e. The lowest BCUT2D eigenvalue weighted by Gasteiger charge is -2.10. The summed E-state index contributed by atoms with van der Waals surface area (Å²) >= 11 is 0. The quantitative estimate of drug-likeness (QED) is 0.184. The van der Waals surface area contributed by atoms with Crippen LogP contribution in [0.4, 0.5) is 0 Å². The fourth-order valence-electron chi connectivity index (χ4n) is 6.43. The largest absolute Gasteiger partial charge is 0.455 e. The van der Waals surface area contributed by atoms with Crippen LogP contribution in [0.15, 0.2) is 180 Å². The van der Waals surface area contributed by atoms with Gasteiger partial charge in [0.05, 0.1) is 0 Å². The van der Waals surface area contributed by atoms with Crippen molar-refractivity contribution >= 4 is 21.9 Å². The first kappa shape index (κ1) is 28.6. The van der Waals surface area contributed by atoms with Gasteiger partial charge in [-0.2, -0.15) is 0 Å². The van der Waals surface area contributed by atoms with Crippen molar-refractivity contribution in [3.05, 3.63) is 176 Å². The number of aromatic nitrogens is 3. The molecule has 49 heavy (non-hydrogen) atoms. The Balaban J connectivity index is 1.17. The van der Waals surface area contributed by atoms with Crippen LogP contribution in [-0.4, -0.2) is 15.0 Å². The van der Waals surface area contributed by atoms with Crippen LogP contribution in [-0.2, 0) is 0 Å². The third-order valence-corrected chi connectivity index (χ3v) is 8.98. The van der Waals surface area contributed by atoms with Gasteiger partial charge < -0.3 is 4.42 Å². The van der Waals surface area contributed by atoms with E-state index in [0.29, 0.717) is 17.5 Å². The molecule has 0 bridgehead atoms. The van der Waals surface area contributed by atoms with Gasteiger partial charge >= 0.3 is 0 Å². The van der Waals surface area contributed by atoms with Crippen LogP contribution in [0.25, 0.3) is 89.5 Å². The molecule has 9 rings (SSSR count). The highest BCUT2D eigenvalue weighted by Crippen LogP contribution is 2.37. The zero-order valence-corrected chi connectivity index (χ0v) is 26.5. The Labute approximate surface area is 284 Å². The van der Waals surface area contributed by atoms with E-state index in [-0.39, 0.29) is 0 Å². The highest BCUT2D eigenvalue weighted by molar-refractivity contribution is 6.10. The Morgan fingerprint density at radius 3 is 1.27 bits per heavy atom. The van der Waals surface area contributed by atoms with Crippen molar-refractivity contribution in [2.75, 3.05) is 0 Å². The van der Waals surface area contributed by atoms with Crippen molar-refractivity contribution in [3.8, 4) is 67.5 Å². The van der Waals surface area contributed by atoms with Gasteiger partial charge in [0.25, 0.3) is 0 Å². The second-order valence-corrected chi connectivity index (χ2v) is 12.1. The lowest BCUT2D eigenvalue weighted by atomic mass is 10.0. The molecule has 0 saturated carbocycles. The number of hydrogen-bond acceptors (Lipinski definition) is 4. The van der Waals surface area contributed by atoms with E-state index in [1.165, 1.54) is 11.1 Å². The summed E-state index contributed by atoms with van der Waals surface area (Å²) in [5.41, 5.74) is 11.2. The molecule has 2 aromatic heterocycles. The summed E-state index contributed by atoms with van der Waals surface area (Å²) in [5.74, 6) is 1.85. The van der Waals surface area contributed by atoms with Gasteiger partial charge in [-0.1, -0.05) is 158 Å². The van der Waals surface area contributed by atoms with Crippen molar-refractivity contribution in [1.82, 2.24) is 15.0 Å². The maximum Gasteiger partial charge on any atom is 0.164 e. The fraction of sp³-hybridized carbons (Fsp3) is 0. The maximum absolute atomic E-state index is 6.46. The van der Waals surface area contributed by atoms with E-state index in [1.807, 2.05) is 30.3 Å². The summed E-state index contributed by atoms with van der Waals surface area (Å²) in [6.45, 7) is 0. The molecular formula is C45H29N3O. The summed E-state index contributed by atoms with van der Waals surface area (Å²) < 4.78 is 6.46. The number of nitrogens with zero attached hydrogens (tertiary/aromatic N) is 3. The monoisotopic (exact) mass is 627 g/mol. The van der Waals surface area contributed by atoms with E-state index in [2.05, 4.69) is 146 Å². The first-order chi connectivity index (χ1) is 24.3. The molecule has 9 aromatic rings. The molecule has 0 fully saturated rings. The van der Waals surface area contributed by atoms with E-state index in [4.69, 9.17) is 19.4 Å². The molecule has 0 radical (unpaired) electrons. The maximum atomic E-state index is 6.46. The molecule has 0 N–H and O–H groups in total. The van der Waals surface area contributed by atoms with Gasteiger partial charge in [0.15, 0.2) is 17.5 Å². The Kier molecular flexibility index (Phi) is 7.10. The van der Waals surface area contributed by atoms with Crippen LogP contribution < -0.4 is 0 Å². The zero-order chi connectivity index (χ0) is 32.6. The van der Waals surface area contributed by atoms with Crippen LogP contribution in [0.3, 0.4) is 0 Å². The third kappa shape index (κ3) is 5.45. The number of fused-ring (bicyclic) bond motifs is 3. The number of hydrogen-bond donors (Lipinski definition) is 0. The van der Waals surface area contributed by atoms with Gasteiger partial charge in [0, 0.05) is 33.0 Å². The first-order valence-corrected chi connectivity index (χ1v) is 16.4. The summed E-state index contributed by atoms with van der Waals surface area (Å²) in [6.07, 6.45) is 0. The summed E-state index contributed by atoms with van der Waals surface area (Å²) in [4.78, 5) is 15.1. The Hall–Kier alpha value is -6.65. The van der Waals surface area contributed by atoms with E-state index in [0.717, 1.165) is 60.9 Å². The summed E-state index contributed by atoms with van der Waals surface area (Å²) in [7, 11) is 0. The minimum atomic E-state index is 0.606. The van der Waals surface area contributed by atoms with Gasteiger partial charge in [0.1, 0.15) is 11.2 Å². The van der Waals surface area contributed by atoms with Crippen LogP contribution in [0.1, 0.15) is 0 Å². The summed E-state index contributed by atoms with van der Waals surface area (Å²) in [6, 6.07) is 60.4. The van der Waals surface area contributed by atoms with Crippen molar-refractivity contribution in [1.29, 1.82) is 0 Å². The number of para-hydroxylation sites is 1.